The molecule has 0 aromatic carbocycles. The van der Waals surface area contributed by atoms with Crippen molar-refractivity contribution < 1.29 is 4.18 Å². The van der Waals surface area contributed by atoms with Gasteiger partial charge in [-0.15, -0.1) is 0 Å². The summed E-state index contributed by atoms with van der Waals surface area (Å²) in [6.45, 7) is 0. The van der Waals surface area contributed by atoms with Crippen molar-refractivity contribution in [3.63, 3.8) is 0 Å². The Bertz CT molecular complexity index is 40.5. The van der Waals surface area contributed by atoms with Gasteiger partial charge in [-0.25, -0.2) is 0 Å². The zero-order chi connectivity index (χ0) is 5.21. The van der Waals surface area contributed by atoms with E-state index in [1.54, 1.807) is 0 Å². The van der Waals surface area contributed by atoms with E-state index in [2.05, 4.69) is 84.9 Å². The van der Waals surface area contributed by atoms with Crippen molar-refractivity contribution in [3.05, 3.63) is 0 Å². The average Bonchev–Trinajstić information content (AvgIpc) is 1.35. The van der Waals surface area contributed by atoms with Gasteiger partial charge in [0, 0.05) is 0 Å². The Balaban J connectivity index is 3.17. The second kappa shape index (κ2) is 3.51. The Hall–Kier alpha value is 2.50. The molecule has 5 heteroatoms. The number of halogens is 3. The Labute approximate surface area is 83.0 Å². The van der Waals surface area contributed by atoms with Gasteiger partial charge >= 0.3 is 0 Å². The molecule has 0 rings (SSSR count). The Morgan fingerprint density at radius 1 is 1.33 bits per heavy atom. The molecule has 0 aromatic heterocycles. The largest absolute Gasteiger partial charge is 0.281 e. The van der Waals surface area contributed by atoms with Crippen molar-refractivity contribution in [2.24, 2.45) is 0 Å². The second-order valence-corrected chi connectivity index (χ2v) is 11.5. The van der Waals surface area contributed by atoms with Gasteiger partial charge in [0.05, 0.1) is 0 Å². The van der Waals surface area contributed by atoms with Gasteiger partial charge in [-0.2, -0.15) is 0 Å². The van der Waals surface area contributed by atoms with E-state index in [0.29, 0.717) is 0 Å². The monoisotopic (exact) mass is 442 g/mol. The Morgan fingerprint density at radius 3 is 1.50 bits per heavy atom. The highest BCUT2D eigenvalue weighted by atomic mass is 127. The molecule has 0 radical (unpaired) electrons. The lowest BCUT2D eigenvalue weighted by Gasteiger charge is -2.04. The standard InChI is InChI=1S/CHI3OS/c2-1(3,4)5-6/h6H. The highest BCUT2D eigenvalue weighted by molar-refractivity contribution is 14.3. The Kier molecular flexibility index (Phi) is 4.97. The van der Waals surface area contributed by atoms with Crippen LogP contribution >= 0.6 is 80.7 Å². The lowest BCUT2D eigenvalue weighted by Crippen LogP contribution is -1.94. The van der Waals surface area contributed by atoms with Crippen LogP contribution in [0.1, 0.15) is 0 Å². The fourth-order valence-corrected chi connectivity index (χ4v) is 0. The van der Waals surface area contributed by atoms with Gasteiger partial charge in [0.15, 0.2) is 0 Å². The van der Waals surface area contributed by atoms with Crippen molar-refractivity contribution in [2.75, 3.05) is 0 Å². The predicted octanol–water partition coefficient (Wildman–Crippen LogP) is 2.76. The van der Waals surface area contributed by atoms with Crippen molar-refractivity contribution in [2.45, 2.75) is -0.379 Å². The van der Waals surface area contributed by atoms with Gasteiger partial charge in [0.2, 0.25) is -0.379 Å². The Morgan fingerprint density at radius 2 is 1.50 bits per heavy atom. The van der Waals surface area contributed by atoms with E-state index in [1.165, 1.54) is 0 Å². The summed E-state index contributed by atoms with van der Waals surface area (Å²) in [5, 5.41) is 0. The molecule has 1 nitrogen and oxygen atoms in total. The van der Waals surface area contributed by atoms with Crippen molar-refractivity contribution >= 4 is 80.7 Å². The van der Waals surface area contributed by atoms with E-state index in [-0.39, 0.29) is -0.379 Å². The van der Waals surface area contributed by atoms with Crippen LogP contribution in [0.25, 0.3) is 0 Å². The summed E-state index contributed by atoms with van der Waals surface area (Å²) in [5.74, 6) is 0. The molecule has 0 spiro atoms. The first-order valence-corrected chi connectivity index (χ1v) is 4.56. The van der Waals surface area contributed by atoms with Crippen LogP contribution in [0.3, 0.4) is 0 Å². The maximum atomic E-state index is 4.59. The third kappa shape index (κ3) is 6.50. The topological polar surface area (TPSA) is 9.23 Å². The van der Waals surface area contributed by atoms with Crippen molar-refractivity contribution in [1.82, 2.24) is 0 Å². The maximum absolute atomic E-state index is 4.59. The number of hydrogen-bond acceptors (Lipinski definition) is 2. The summed E-state index contributed by atoms with van der Waals surface area (Å²) in [7, 11) is 0. The molecule has 0 saturated carbocycles. The van der Waals surface area contributed by atoms with E-state index in [1.807, 2.05) is 0 Å². The quantitative estimate of drug-likeness (QED) is 0.285. The maximum Gasteiger partial charge on any atom is 0.231 e. The molecular weight excluding hydrogens is 441 g/mol. The first-order valence-electron chi connectivity index (χ1n) is 0.954. The second-order valence-electron chi connectivity index (χ2n) is 0.537. The molecule has 0 atom stereocenters. The van der Waals surface area contributed by atoms with Crippen LogP contribution in [-0.4, -0.2) is -0.379 Å². The number of rotatable bonds is 1. The summed E-state index contributed by atoms with van der Waals surface area (Å²) in [5.41, 5.74) is 0. The summed E-state index contributed by atoms with van der Waals surface area (Å²) >= 11 is 9.92. The molecule has 0 heterocycles. The van der Waals surface area contributed by atoms with E-state index in [9.17, 15) is 0 Å². The minimum atomic E-state index is -0.184. The van der Waals surface area contributed by atoms with Gasteiger partial charge in [0.25, 0.3) is 0 Å². The van der Waals surface area contributed by atoms with Gasteiger partial charge in [-0.1, -0.05) is 0 Å². The molecule has 6 heavy (non-hydrogen) atoms. The first-order chi connectivity index (χ1) is 2.56. The summed E-state index contributed by atoms with van der Waals surface area (Å²) in [6, 6.07) is 0. The van der Waals surface area contributed by atoms with Crippen LogP contribution < -0.4 is 0 Å². The van der Waals surface area contributed by atoms with Gasteiger partial charge in [-0.05, 0) is 80.7 Å². The molecule has 38 valence electrons. The molecule has 0 aliphatic rings. The molecule has 0 saturated heterocycles. The van der Waals surface area contributed by atoms with E-state index in [0.717, 1.165) is 0 Å². The molecule has 0 fully saturated rings. The fraction of sp³-hybridized carbons (Fsp3) is 1.00. The summed E-state index contributed by atoms with van der Waals surface area (Å²) in [6.07, 6.45) is 0. The highest BCUT2D eigenvalue weighted by Gasteiger charge is 2.14. The lowest BCUT2D eigenvalue weighted by molar-refractivity contribution is 0.458. The minimum Gasteiger partial charge on any atom is -0.281 e. The molecular formula is CHI3OS. The van der Waals surface area contributed by atoms with Crippen LogP contribution in [0.5, 0.6) is 0 Å². The smallest absolute Gasteiger partial charge is 0.231 e. The number of thiol groups is 1. The third-order valence-electron chi connectivity index (χ3n) is 0.104. The van der Waals surface area contributed by atoms with Crippen LogP contribution in [-0.2, 0) is 4.18 Å². The highest BCUT2D eigenvalue weighted by Crippen LogP contribution is 2.37. The lowest BCUT2D eigenvalue weighted by atomic mass is 11.7. The number of hydrogen-bond donors (Lipinski definition) is 1. The SMILES string of the molecule is SOC(I)(I)I. The molecule has 0 amide bonds. The van der Waals surface area contributed by atoms with Gasteiger partial charge in [0.1, 0.15) is 0 Å². The summed E-state index contributed by atoms with van der Waals surface area (Å²) < 4.78 is 4.41. The molecule has 0 aromatic rings. The molecule has 0 bridgehead atoms. The van der Waals surface area contributed by atoms with E-state index >= 15 is 0 Å². The van der Waals surface area contributed by atoms with Gasteiger partial charge in [-0.3, -0.25) is 4.18 Å². The van der Waals surface area contributed by atoms with Crippen molar-refractivity contribution in [1.29, 1.82) is 0 Å². The van der Waals surface area contributed by atoms with Crippen LogP contribution in [0.15, 0.2) is 0 Å². The van der Waals surface area contributed by atoms with E-state index in [4.69, 9.17) is 0 Å². The predicted molar refractivity (Wildman–Crippen MR) is 54.9 cm³/mol. The fourth-order valence-electron chi connectivity index (χ4n) is 0. The van der Waals surface area contributed by atoms with Crippen LogP contribution in [0.4, 0.5) is 0 Å². The molecule has 0 aliphatic carbocycles. The molecule has 0 aliphatic heterocycles. The molecule has 0 N–H and O–H groups in total. The summed E-state index contributed by atoms with van der Waals surface area (Å²) in [4.78, 5) is 0. The zero-order valence-corrected chi connectivity index (χ0v) is 9.86. The van der Waals surface area contributed by atoms with Crippen molar-refractivity contribution in [3.8, 4) is 0 Å². The average molecular weight is 442 g/mol. The third-order valence-corrected chi connectivity index (χ3v) is 2.08. The van der Waals surface area contributed by atoms with Crippen LogP contribution in [0.2, 0.25) is 0 Å². The van der Waals surface area contributed by atoms with E-state index < -0.39 is 0 Å². The zero-order valence-electron chi connectivity index (χ0n) is 2.49. The molecule has 0 unspecified atom stereocenters. The van der Waals surface area contributed by atoms with Gasteiger partial charge < -0.3 is 0 Å². The number of alkyl halides is 3. The van der Waals surface area contributed by atoms with Crippen LogP contribution in [0, 0.1) is 0 Å². The normalized spacial score (nSPS) is 12.0. The minimum absolute atomic E-state index is 0.184. The first kappa shape index (κ1) is 8.50.